The minimum atomic E-state index is -0.921. The zero-order valence-electron chi connectivity index (χ0n) is 10.6. The number of carboxylic acids is 1. The Labute approximate surface area is 105 Å². The molecule has 0 aromatic carbocycles. The van der Waals surface area contributed by atoms with Gasteiger partial charge < -0.3 is 5.11 Å². The molecule has 1 atom stereocenters. The van der Waals surface area contributed by atoms with E-state index in [2.05, 4.69) is 12.0 Å². The summed E-state index contributed by atoms with van der Waals surface area (Å²) < 4.78 is 1.84. The number of amides is 1. The summed E-state index contributed by atoms with van der Waals surface area (Å²) in [6.45, 7) is 5.01. The molecule has 18 heavy (non-hydrogen) atoms. The van der Waals surface area contributed by atoms with E-state index in [0.29, 0.717) is 5.82 Å². The molecule has 1 unspecified atom stereocenters. The summed E-state index contributed by atoms with van der Waals surface area (Å²) in [5, 5.41) is 13.3. The normalized spacial score (nSPS) is 19.6. The fourth-order valence-corrected chi connectivity index (χ4v) is 2.16. The molecule has 1 aliphatic rings. The van der Waals surface area contributed by atoms with Gasteiger partial charge in [-0.05, 0) is 13.3 Å². The van der Waals surface area contributed by atoms with Crippen LogP contribution in [0, 0.1) is 12.8 Å². The Kier molecular flexibility index (Phi) is 3.36. The largest absolute Gasteiger partial charge is 0.481 e. The van der Waals surface area contributed by atoms with Crippen LogP contribution >= 0.6 is 0 Å². The van der Waals surface area contributed by atoms with Gasteiger partial charge in [0, 0.05) is 31.3 Å². The molecule has 1 aromatic heterocycles. The lowest BCUT2D eigenvalue weighted by molar-refractivity contribution is -0.141. The van der Waals surface area contributed by atoms with Gasteiger partial charge in [0.25, 0.3) is 0 Å². The molecule has 1 fully saturated rings. The summed E-state index contributed by atoms with van der Waals surface area (Å²) in [7, 11) is 0. The topological polar surface area (TPSA) is 75.4 Å². The zero-order chi connectivity index (χ0) is 13.3. The molecule has 0 radical (unpaired) electrons. The van der Waals surface area contributed by atoms with Gasteiger partial charge in [0.15, 0.2) is 5.82 Å². The SMILES string of the molecule is CCCn1nc(N2CC(C(=O)O)CC2=O)cc1C. The van der Waals surface area contributed by atoms with Gasteiger partial charge in [0.05, 0.1) is 5.92 Å². The highest BCUT2D eigenvalue weighted by molar-refractivity contribution is 5.98. The minimum Gasteiger partial charge on any atom is -0.481 e. The average Bonchev–Trinajstić information content (AvgIpc) is 2.84. The molecule has 6 nitrogen and oxygen atoms in total. The first-order chi connectivity index (χ1) is 8.52. The Morgan fingerprint density at radius 3 is 2.89 bits per heavy atom. The van der Waals surface area contributed by atoms with E-state index >= 15 is 0 Å². The van der Waals surface area contributed by atoms with Crippen LogP contribution in [0.5, 0.6) is 0 Å². The second kappa shape index (κ2) is 4.80. The van der Waals surface area contributed by atoms with Gasteiger partial charge in [0.2, 0.25) is 5.91 Å². The van der Waals surface area contributed by atoms with Crippen molar-refractivity contribution in [1.29, 1.82) is 0 Å². The van der Waals surface area contributed by atoms with Crippen molar-refractivity contribution < 1.29 is 14.7 Å². The molecule has 0 saturated carbocycles. The van der Waals surface area contributed by atoms with Crippen molar-refractivity contribution in [3.05, 3.63) is 11.8 Å². The van der Waals surface area contributed by atoms with E-state index in [1.54, 1.807) is 0 Å². The van der Waals surface area contributed by atoms with Crippen molar-refractivity contribution in [3.8, 4) is 0 Å². The number of nitrogens with zero attached hydrogens (tertiary/aromatic N) is 3. The van der Waals surface area contributed by atoms with Gasteiger partial charge in [-0.25, -0.2) is 0 Å². The van der Waals surface area contributed by atoms with Crippen molar-refractivity contribution in [2.75, 3.05) is 11.4 Å². The van der Waals surface area contributed by atoms with E-state index in [0.717, 1.165) is 18.7 Å². The molecule has 1 saturated heterocycles. The van der Waals surface area contributed by atoms with Crippen LogP contribution in [0.15, 0.2) is 6.07 Å². The van der Waals surface area contributed by atoms with E-state index in [-0.39, 0.29) is 18.9 Å². The van der Waals surface area contributed by atoms with Gasteiger partial charge in [-0.3, -0.25) is 19.2 Å². The number of aryl methyl sites for hydroxylation is 2. The number of aliphatic carboxylic acids is 1. The maximum atomic E-state index is 11.8. The Morgan fingerprint density at radius 2 is 2.33 bits per heavy atom. The van der Waals surface area contributed by atoms with Crippen LogP contribution in [0.4, 0.5) is 5.82 Å². The van der Waals surface area contributed by atoms with E-state index in [1.165, 1.54) is 4.90 Å². The second-order valence-corrected chi connectivity index (χ2v) is 4.61. The lowest BCUT2D eigenvalue weighted by atomic mass is 10.1. The Bertz CT molecular complexity index is 481. The molecular weight excluding hydrogens is 234 g/mol. The van der Waals surface area contributed by atoms with Crippen molar-refractivity contribution in [2.45, 2.75) is 33.2 Å². The molecule has 0 spiro atoms. The summed E-state index contributed by atoms with van der Waals surface area (Å²) in [6, 6.07) is 1.83. The van der Waals surface area contributed by atoms with Crippen molar-refractivity contribution in [1.82, 2.24) is 9.78 Å². The summed E-state index contributed by atoms with van der Waals surface area (Å²) in [5.41, 5.74) is 0.985. The maximum Gasteiger partial charge on any atom is 0.308 e. The Morgan fingerprint density at radius 1 is 1.61 bits per heavy atom. The second-order valence-electron chi connectivity index (χ2n) is 4.61. The van der Waals surface area contributed by atoms with E-state index in [1.807, 2.05) is 17.7 Å². The number of anilines is 1. The predicted octanol–water partition coefficient (Wildman–Crippen LogP) is 1.04. The van der Waals surface area contributed by atoms with Gasteiger partial charge in [0.1, 0.15) is 0 Å². The van der Waals surface area contributed by atoms with Crippen molar-refractivity contribution >= 4 is 17.7 Å². The van der Waals surface area contributed by atoms with Gasteiger partial charge in [-0.15, -0.1) is 0 Å². The van der Waals surface area contributed by atoms with Crippen LogP contribution in [0.1, 0.15) is 25.5 Å². The monoisotopic (exact) mass is 251 g/mol. The smallest absolute Gasteiger partial charge is 0.308 e. The molecule has 1 N–H and O–H groups in total. The third-order valence-corrected chi connectivity index (χ3v) is 3.15. The van der Waals surface area contributed by atoms with Gasteiger partial charge >= 0.3 is 5.97 Å². The number of carbonyl (C=O) groups excluding carboxylic acids is 1. The van der Waals surface area contributed by atoms with E-state index < -0.39 is 11.9 Å². The highest BCUT2D eigenvalue weighted by Gasteiger charge is 2.36. The first-order valence-corrected chi connectivity index (χ1v) is 6.10. The van der Waals surface area contributed by atoms with Crippen LogP contribution in [-0.4, -0.2) is 33.3 Å². The average molecular weight is 251 g/mol. The molecule has 0 aliphatic carbocycles. The fraction of sp³-hybridized carbons (Fsp3) is 0.583. The summed E-state index contributed by atoms with van der Waals surface area (Å²) in [4.78, 5) is 24.1. The molecular formula is C12H17N3O3. The number of carbonyl (C=O) groups is 2. The lowest BCUT2D eigenvalue weighted by Gasteiger charge is -2.11. The first-order valence-electron chi connectivity index (χ1n) is 6.10. The molecule has 1 aromatic rings. The van der Waals surface area contributed by atoms with Crippen molar-refractivity contribution in [2.24, 2.45) is 5.92 Å². The highest BCUT2D eigenvalue weighted by atomic mass is 16.4. The Balaban J connectivity index is 2.19. The van der Waals surface area contributed by atoms with Crippen LogP contribution in [0.3, 0.4) is 0 Å². The molecule has 0 bridgehead atoms. The van der Waals surface area contributed by atoms with Crippen molar-refractivity contribution in [3.63, 3.8) is 0 Å². The fourth-order valence-electron chi connectivity index (χ4n) is 2.16. The predicted molar refractivity (Wildman–Crippen MR) is 65.4 cm³/mol. The van der Waals surface area contributed by atoms with Crippen LogP contribution in [0.2, 0.25) is 0 Å². The molecule has 1 aliphatic heterocycles. The molecule has 1 amide bonds. The Hall–Kier alpha value is -1.85. The summed E-state index contributed by atoms with van der Waals surface area (Å²) in [5.74, 6) is -1.14. The van der Waals surface area contributed by atoms with Gasteiger partial charge in [-0.1, -0.05) is 6.92 Å². The third kappa shape index (κ3) is 2.23. The van der Waals surface area contributed by atoms with E-state index in [4.69, 9.17) is 5.11 Å². The standard InChI is InChI=1S/C12H17N3O3/c1-3-4-15-8(2)5-10(13-15)14-7-9(12(17)18)6-11(14)16/h5,9H,3-4,6-7H2,1-2H3,(H,17,18). The molecule has 2 heterocycles. The maximum absolute atomic E-state index is 11.8. The van der Waals surface area contributed by atoms with Crippen LogP contribution in [-0.2, 0) is 16.1 Å². The lowest BCUT2D eigenvalue weighted by Crippen LogP contribution is -2.26. The summed E-state index contributed by atoms with van der Waals surface area (Å²) in [6.07, 6.45) is 1.03. The number of hydrogen-bond donors (Lipinski definition) is 1. The molecule has 6 heteroatoms. The van der Waals surface area contributed by atoms with E-state index in [9.17, 15) is 9.59 Å². The van der Waals surface area contributed by atoms with Gasteiger partial charge in [-0.2, -0.15) is 5.10 Å². The van der Waals surface area contributed by atoms with Crippen LogP contribution < -0.4 is 4.90 Å². The number of hydrogen-bond acceptors (Lipinski definition) is 3. The third-order valence-electron chi connectivity index (χ3n) is 3.15. The minimum absolute atomic E-state index is 0.0645. The molecule has 98 valence electrons. The number of rotatable bonds is 4. The quantitative estimate of drug-likeness (QED) is 0.867. The number of carboxylic acid groups (broad SMARTS) is 1. The first kappa shape index (κ1) is 12.6. The highest BCUT2D eigenvalue weighted by Crippen LogP contribution is 2.24. The van der Waals surface area contributed by atoms with Crippen LogP contribution in [0.25, 0.3) is 0 Å². The number of aromatic nitrogens is 2. The molecule has 2 rings (SSSR count). The zero-order valence-corrected chi connectivity index (χ0v) is 10.6. The summed E-state index contributed by atoms with van der Waals surface area (Å²) >= 11 is 0.